The summed E-state index contributed by atoms with van der Waals surface area (Å²) >= 11 is 1.89. The molecule has 1 unspecified atom stereocenters. The average molecular weight is 346 g/mol. The Labute approximate surface area is 146 Å². The Balaban J connectivity index is 1.51. The molecule has 1 amide bonds. The molecule has 1 aliphatic heterocycles. The van der Waals surface area contributed by atoms with Gasteiger partial charge in [0.25, 0.3) is 0 Å². The van der Waals surface area contributed by atoms with Crippen LogP contribution in [0, 0.1) is 0 Å². The smallest absolute Gasteiger partial charge is 0.226 e. The van der Waals surface area contributed by atoms with Crippen molar-refractivity contribution < 1.29 is 9.53 Å². The predicted molar refractivity (Wildman–Crippen MR) is 96.5 cm³/mol. The van der Waals surface area contributed by atoms with Crippen LogP contribution in [0.25, 0.3) is 0 Å². The minimum Gasteiger partial charge on any atom is -0.490 e. The van der Waals surface area contributed by atoms with Gasteiger partial charge in [-0.25, -0.2) is 4.98 Å². The first-order valence-corrected chi connectivity index (χ1v) is 9.25. The number of hydrogen-bond donors (Lipinski definition) is 2. The summed E-state index contributed by atoms with van der Waals surface area (Å²) in [6.07, 6.45) is 5.88. The van der Waals surface area contributed by atoms with Crippen molar-refractivity contribution >= 4 is 23.4 Å². The highest BCUT2D eigenvalue weighted by Crippen LogP contribution is 2.24. The maximum absolute atomic E-state index is 12.3. The van der Waals surface area contributed by atoms with E-state index in [0.29, 0.717) is 25.3 Å². The fraction of sp³-hybridized carbons (Fsp3) is 0.412. The minimum absolute atomic E-state index is 0.0145. The van der Waals surface area contributed by atoms with E-state index in [-0.39, 0.29) is 11.9 Å². The Kier molecular flexibility index (Phi) is 6.14. The van der Waals surface area contributed by atoms with Crippen molar-refractivity contribution in [2.75, 3.05) is 30.0 Å². The van der Waals surface area contributed by atoms with E-state index in [4.69, 9.17) is 4.74 Å². The zero-order valence-electron chi connectivity index (χ0n) is 13.5. The van der Waals surface area contributed by atoms with Gasteiger partial charge >= 0.3 is 0 Å². The summed E-state index contributed by atoms with van der Waals surface area (Å²) in [6.45, 7) is 2.20. The summed E-state index contributed by atoms with van der Waals surface area (Å²) in [5.74, 6) is 2.81. The molecule has 1 aliphatic rings. The van der Waals surface area contributed by atoms with Crippen LogP contribution in [0.15, 0.2) is 43.0 Å². The highest BCUT2D eigenvalue weighted by molar-refractivity contribution is 7.99. The zero-order valence-corrected chi connectivity index (χ0v) is 14.3. The molecule has 2 N–H and O–H groups in total. The van der Waals surface area contributed by atoms with Crippen molar-refractivity contribution in [1.29, 1.82) is 0 Å². The summed E-state index contributed by atoms with van der Waals surface area (Å²) in [6, 6.07) is 7.79. The van der Waals surface area contributed by atoms with E-state index in [1.807, 2.05) is 46.8 Å². The van der Waals surface area contributed by atoms with E-state index >= 15 is 0 Å². The van der Waals surface area contributed by atoms with Gasteiger partial charge in [0.05, 0.1) is 18.6 Å². The number of carbonyl (C=O) groups is 1. The second-order valence-electron chi connectivity index (χ2n) is 5.62. The third-order valence-electron chi connectivity index (χ3n) is 3.76. The van der Waals surface area contributed by atoms with Crippen LogP contribution in [-0.2, 0) is 11.3 Å². The standard InChI is InChI=1S/C17H22N4O2S/c22-17(11-14-12-24-10-6-19-14)20-15-3-1-2-4-16(15)23-9-8-21-7-5-18-13-21/h1-5,7,13-14,19H,6,8-12H2,(H,20,22). The number of benzene rings is 1. The third kappa shape index (κ3) is 5.01. The Hall–Kier alpha value is -1.99. The molecule has 24 heavy (non-hydrogen) atoms. The van der Waals surface area contributed by atoms with Gasteiger partial charge in [0.2, 0.25) is 5.91 Å². The summed E-state index contributed by atoms with van der Waals surface area (Å²) in [4.78, 5) is 16.3. The number of amides is 1. The van der Waals surface area contributed by atoms with Gasteiger partial charge < -0.3 is 19.9 Å². The molecule has 0 spiro atoms. The largest absolute Gasteiger partial charge is 0.490 e. The lowest BCUT2D eigenvalue weighted by Gasteiger charge is -2.22. The van der Waals surface area contributed by atoms with Crippen LogP contribution in [0.2, 0.25) is 0 Å². The predicted octanol–water partition coefficient (Wildman–Crippen LogP) is 2.00. The lowest BCUT2D eigenvalue weighted by molar-refractivity contribution is -0.116. The van der Waals surface area contributed by atoms with Gasteiger partial charge in [-0.1, -0.05) is 12.1 Å². The summed E-state index contributed by atoms with van der Waals surface area (Å²) in [5, 5.41) is 6.35. The number of rotatable bonds is 7. The number of nitrogens with one attached hydrogen (secondary N) is 2. The number of para-hydroxylation sites is 2. The fourth-order valence-electron chi connectivity index (χ4n) is 2.55. The highest BCUT2D eigenvalue weighted by Gasteiger charge is 2.17. The van der Waals surface area contributed by atoms with E-state index in [1.165, 1.54) is 0 Å². The molecule has 2 aromatic rings. The van der Waals surface area contributed by atoms with E-state index in [9.17, 15) is 4.79 Å². The Bertz CT molecular complexity index is 642. The Morgan fingerprint density at radius 3 is 3.17 bits per heavy atom. The lowest BCUT2D eigenvalue weighted by atomic mass is 10.2. The van der Waals surface area contributed by atoms with Gasteiger partial charge in [0.15, 0.2) is 0 Å². The fourth-order valence-corrected chi connectivity index (χ4v) is 3.50. The second kappa shape index (κ2) is 8.75. The zero-order chi connectivity index (χ0) is 16.6. The van der Waals surface area contributed by atoms with Gasteiger partial charge in [-0.15, -0.1) is 0 Å². The molecule has 1 saturated heterocycles. The number of thioether (sulfide) groups is 1. The Morgan fingerprint density at radius 1 is 1.46 bits per heavy atom. The van der Waals surface area contributed by atoms with Crippen LogP contribution < -0.4 is 15.4 Å². The number of ether oxygens (including phenoxy) is 1. The number of hydrogen-bond acceptors (Lipinski definition) is 5. The van der Waals surface area contributed by atoms with E-state index in [0.717, 1.165) is 23.7 Å². The summed E-state index contributed by atoms with van der Waals surface area (Å²) in [7, 11) is 0. The normalized spacial score (nSPS) is 17.4. The molecule has 0 aliphatic carbocycles. The van der Waals surface area contributed by atoms with Crippen LogP contribution in [0.5, 0.6) is 5.75 Å². The molecular formula is C17H22N4O2S. The van der Waals surface area contributed by atoms with Crippen molar-refractivity contribution in [3.8, 4) is 5.75 Å². The molecule has 6 nitrogen and oxygen atoms in total. The van der Waals surface area contributed by atoms with E-state index < -0.39 is 0 Å². The van der Waals surface area contributed by atoms with Gasteiger partial charge in [0.1, 0.15) is 12.4 Å². The quantitative estimate of drug-likeness (QED) is 0.803. The monoisotopic (exact) mass is 346 g/mol. The number of aromatic nitrogens is 2. The van der Waals surface area contributed by atoms with Crippen LogP contribution in [0.3, 0.4) is 0 Å². The van der Waals surface area contributed by atoms with Crippen molar-refractivity contribution in [3.05, 3.63) is 43.0 Å². The number of carbonyl (C=O) groups excluding carboxylic acids is 1. The van der Waals surface area contributed by atoms with Crippen LogP contribution >= 0.6 is 11.8 Å². The first-order chi connectivity index (χ1) is 11.8. The lowest BCUT2D eigenvalue weighted by Crippen LogP contribution is -2.39. The van der Waals surface area contributed by atoms with Crippen LogP contribution in [-0.4, -0.2) is 46.2 Å². The van der Waals surface area contributed by atoms with Crippen LogP contribution in [0.1, 0.15) is 6.42 Å². The Morgan fingerprint density at radius 2 is 2.38 bits per heavy atom. The molecule has 1 atom stereocenters. The number of nitrogens with zero attached hydrogens (tertiary/aromatic N) is 2. The number of imidazole rings is 1. The molecule has 0 saturated carbocycles. The first-order valence-electron chi connectivity index (χ1n) is 8.10. The molecule has 128 valence electrons. The first kappa shape index (κ1) is 16.9. The van der Waals surface area contributed by atoms with Crippen molar-refractivity contribution in [1.82, 2.24) is 14.9 Å². The van der Waals surface area contributed by atoms with E-state index in [1.54, 1.807) is 12.5 Å². The van der Waals surface area contributed by atoms with Gasteiger partial charge in [-0.05, 0) is 12.1 Å². The molecule has 7 heteroatoms. The molecule has 1 aromatic carbocycles. The van der Waals surface area contributed by atoms with Crippen molar-refractivity contribution in [2.45, 2.75) is 19.0 Å². The SMILES string of the molecule is O=C(CC1CSCCN1)Nc1ccccc1OCCn1ccnc1. The molecule has 0 radical (unpaired) electrons. The minimum atomic E-state index is 0.0145. The van der Waals surface area contributed by atoms with Crippen molar-refractivity contribution in [3.63, 3.8) is 0 Å². The molecule has 0 bridgehead atoms. The molecule has 2 heterocycles. The second-order valence-corrected chi connectivity index (χ2v) is 6.77. The maximum atomic E-state index is 12.3. The average Bonchev–Trinajstić information content (AvgIpc) is 3.11. The van der Waals surface area contributed by atoms with Gasteiger partial charge in [0, 0.05) is 42.9 Å². The molecular weight excluding hydrogens is 324 g/mol. The van der Waals surface area contributed by atoms with Gasteiger partial charge in [-0.3, -0.25) is 4.79 Å². The third-order valence-corrected chi connectivity index (χ3v) is 4.89. The summed E-state index contributed by atoms with van der Waals surface area (Å²) in [5.41, 5.74) is 0.719. The van der Waals surface area contributed by atoms with Gasteiger partial charge in [-0.2, -0.15) is 11.8 Å². The summed E-state index contributed by atoms with van der Waals surface area (Å²) < 4.78 is 7.77. The molecule has 3 rings (SSSR count). The van der Waals surface area contributed by atoms with Crippen molar-refractivity contribution in [2.24, 2.45) is 0 Å². The molecule has 1 aromatic heterocycles. The highest BCUT2D eigenvalue weighted by atomic mass is 32.2. The van der Waals surface area contributed by atoms with E-state index in [2.05, 4.69) is 15.6 Å². The van der Waals surface area contributed by atoms with Crippen LogP contribution in [0.4, 0.5) is 5.69 Å². The maximum Gasteiger partial charge on any atom is 0.226 e. The molecule has 1 fully saturated rings. The topological polar surface area (TPSA) is 68.2 Å². The number of anilines is 1.